The summed E-state index contributed by atoms with van der Waals surface area (Å²) in [5, 5.41) is 3.61. The van der Waals surface area contributed by atoms with Gasteiger partial charge in [0.15, 0.2) is 23.0 Å². The van der Waals surface area contributed by atoms with E-state index in [0.29, 0.717) is 22.9 Å². The van der Waals surface area contributed by atoms with Gasteiger partial charge in [-0.3, -0.25) is 4.79 Å². The standard InChI is InChI=1S/C18H19F3N2O3/c1-11-8-17(18(19,20)21)22-23(11)13-6-7-15(16(9-13)25-2)26-10-14(24)12-4-3-5-12/h6-9,12H,3-5,10H2,1-2H3. The molecule has 5 nitrogen and oxygen atoms in total. The molecular weight excluding hydrogens is 349 g/mol. The zero-order chi connectivity index (χ0) is 18.9. The van der Waals surface area contributed by atoms with Crippen molar-refractivity contribution < 1.29 is 27.4 Å². The summed E-state index contributed by atoms with van der Waals surface area (Å²) >= 11 is 0. The number of aromatic nitrogens is 2. The van der Waals surface area contributed by atoms with Crippen LogP contribution in [0.3, 0.4) is 0 Å². The van der Waals surface area contributed by atoms with Gasteiger partial charge in [-0.15, -0.1) is 0 Å². The van der Waals surface area contributed by atoms with Gasteiger partial charge in [0.1, 0.15) is 6.61 Å². The second-order valence-electron chi connectivity index (χ2n) is 6.30. The number of aryl methyl sites for hydroxylation is 1. The van der Waals surface area contributed by atoms with Gasteiger partial charge in [0, 0.05) is 17.7 Å². The number of alkyl halides is 3. The lowest BCUT2D eigenvalue weighted by molar-refractivity contribution is -0.141. The van der Waals surface area contributed by atoms with Gasteiger partial charge < -0.3 is 9.47 Å². The van der Waals surface area contributed by atoms with E-state index in [1.807, 2.05) is 0 Å². The average molecular weight is 368 g/mol. The van der Waals surface area contributed by atoms with E-state index in [0.717, 1.165) is 25.3 Å². The molecule has 2 aromatic rings. The van der Waals surface area contributed by atoms with Crippen molar-refractivity contribution in [3.63, 3.8) is 0 Å². The van der Waals surface area contributed by atoms with Crippen LogP contribution in [0, 0.1) is 12.8 Å². The maximum atomic E-state index is 12.8. The lowest BCUT2D eigenvalue weighted by atomic mass is 9.82. The van der Waals surface area contributed by atoms with Crippen molar-refractivity contribution in [1.29, 1.82) is 0 Å². The van der Waals surface area contributed by atoms with Crippen LogP contribution in [0.15, 0.2) is 24.3 Å². The van der Waals surface area contributed by atoms with Crippen molar-refractivity contribution in [1.82, 2.24) is 9.78 Å². The molecule has 0 unspecified atom stereocenters. The Bertz CT molecular complexity index is 810. The highest BCUT2D eigenvalue weighted by Gasteiger charge is 2.34. The zero-order valence-corrected chi connectivity index (χ0v) is 14.5. The average Bonchev–Trinajstić information content (AvgIpc) is 2.93. The van der Waals surface area contributed by atoms with Crippen LogP contribution < -0.4 is 9.47 Å². The molecule has 0 aliphatic heterocycles. The van der Waals surface area contributed by atoms with Gasteiger partial charge in [0.25, 0.3) is 0 Å². The molecule has 0 saturated heterocycles. The molecule has 0 radical (unpaired) electrons. The van der Waals surface area contributed by atoms with E-state index < -0.39 is 11.9 Å². The Labute approximate surface area is 148 Å². The first kappa shape index (κ1) is 18.3. The number of hydrogen-bond acceptors (Lipinski definition) is 4. The third-order valence-electron chi connectivity index (χ3n) is 4.50. The summed E-state index contributed by atoms with van der Waals surface area (Å²) < 4.78 is 50.5. The van der Waals surface area contributed by atoms with Gasteiger partial charge >= 0.3 is 6.18 Å². The lowest BCUT2D eigenvalue weighted by Gasteiger charge is -2.23. The van der Waals surface area contributed by atoms with Crippen molar-refractivity contribution in [2.75, 3.05) is 13.7 Å². The smallest absolute Gasteiger partial charge is 0.435 e. The maximum absolute atomic E-state index is 12.8. The number of carbonyl (C=O) groups is 1. The summed E-state index contributed by atoms with van der Waals surface area (Å²) in [5.41, 5.74) is -0.207. The second-order valence-corrected chi connectivity index (χ2v) is 6.30. The van der Waals surface area contributed by atoms with Crippen LogP contribution >= 0.6 is 0 Å². The second kappa shape index (κ2) is 7.01. The molecule has 1 aliphatic carbocycles. The first-order chi connectivity index (χ1) is 12.3. The highest BCUT2D eigenvalue weighted by molar-refractivity contribution is 5.83. The Morgan fingerprint density at radius 1 is 1.27 bits per heavy atom. The van der Waals surface area contributed by atoms with E-state index in [2.05, 4.69) is 5.10 Å². The third-order valence-corrected chi connectivity index (χ3v) is 4.50. The summed E-state index contributed by atoms with van der Waals surface area (Å²) in [5.74, 6) is 0.824. The van der Waals surface area contributed by atoms with Crippen LogP contribution in [0.25, 0.3) is 5.69 Å². The highest BCUT2D eigenvalue weighted by atomic mass is 19.4. The number of ether oxygens (including phenoxy) is 2. The molecule has 0 spiro atoms. The predicted octanol–water partition coefficient (Wildman–Crippen LogP) is 3.96. The van der Waals surface area contributed by atoms with E-state index in [4.69, 9.17) is 9.47 Å². The molecule has 140 valence electrons. The van der Waals surface area contributed by atoms with E-state index in [9.17, 15) is 18.0 Å². The van der Waals surface area contributed by atoms with Crippen LogP contribution in [0.1, 0.15) is 30.7 Å². The number of benzene rings is 1. The van der Waals surface area contributed by atoms with Gasteiger partial charge in [-0.05, 0) is 38.0 Å². The minimum Gasteiger partial charge on any atom is -0.493 e. The van der Waals surface area contributed by atoms with Gasteiger partial charge in [-0.1, -0.05) is 6.42 Å². The molecule has 0 amide bonds. The molecule has 0 atom stereocenters. The Morgan fingerprint density at radius 3 is 2.54 bits per heavy atom. The van der Waals surface area contributed by atoms with E-state index >= 15 is 0 Å². The van der Waals surface area contributed by atoms with Crippen LogP contribution in [0.2, 0.25) is 0 Å². The van der Waals surface area contributed by atoms with Crippen molar-refractivity contribution in [3.8, 4) is 17.2 Å². The van der Waals surface area contributed by atoms with Gasteiger partial charge in [-0.25, -0.2) is 4.68 Å². The number of ketones is 1. The molecule has 26 heavy (non-hydrogen) atoms. The van der Waals surface area contributed by atoms with Crippen molar-refractivity contribution in [2.24, 2.45) is 5.92 Å². The Morgan fingerprint density at radius 2 is 2.00 bits per heavy atom. The number of methoxy groups -OCH3 is 1. The van der Waals surface area contributed by atoms with Gasteiger partial charge in [-0.2, -0.15) is 18.3 Å². The van der Waals surface area contributed by atoms with Gasteiger partial charge in [0.2, 0.25) is 0 Å². The molecular formula is C18H19F3N2O3. The fourth-order valence-corrected chi connectivity index (χ4v) is 2.78. The van der Waals surface area contributed by atoms with Crippen LogP contribution in [0.4, 0.5) is 13.2 Å². The highest BCUT2D eigenvalue weighted by Crippen LogP contribution is 2.33. The molecule has 1 heterocycles. The monoisotopic (exact) mass is 368 g/mol. The number of Topliss-reactive ketones (excluding diaryl/α,β-unsaturated/α-hetero) is 1. The summed E-state index contributed by atoms with van der Waals surface area (Å²) in [7, 11) is 1.43. The molecule has 1 fully saturated rings. The first-order valence-corrected chi connectivity index (χ1v) is 8.27. The normalized spacial score (nSPS) is 14.8. The zero-order valence-electron chi connectivity index (χ0n) is 14.5. The lowest BCUT2D eigenvalue weighted by Crippen LogP contribution is -2.26. The third kappa shape index (κ3) is 3.68. The van der Waals surface area contributed by atoms with E-state index in [1.165, 1.54) is 24.8 Å². The molecule has 3 rings (SSSR count). The number of rotatable bonds is 6. The first-order valence-electron chi connectivity index (χ1n) is 8.27. The molecule has 1 aromatic carbocycles. The molecule has 8 heteroatoms. The van der Waals surface area contributed by atoms with Crippen molar-refractivity contribution in [3.05, 3.63) is 35.7 Å². The van der Waals surface area contributed by atoms with Crippen LogP contribution in [-0.2, 0) is 11.0 Å². The molecule has 0 N–H and O–H groups in total. The topological polar surface area (TPSA) is 53.4 Å². The summed E-state index contributed by atoms with van der Waals surface area (Å²) in [4.78, 5) is 11.9. The number of halogens is 3. The fraction of sp³-hybridized carbons (Fsp3) is 0.444. The van der Waals surface area contributed by atoms with Crippen LogP contribution in [0.5, 0.6) is 11.5 Å². The van der Waals surface area contributed by atoms with E-state index in [1.54, 1.807) is 12.1 Å². The molecule has 0 bridgehead atoms. The van der Waals surface area contributed by atoms with Crippen molar-refractivity contribution >= 4 is 5.78 Å². The molecule has 1 aromatic heterocycles. The Hall–Kier alpha value is -2.51. The summed E-state index contributed by atoms with van der Waals surface area (Å²) in [6.07, 6.45) is -1.64. The Balaban J connectivity index is 1.80. The predicted molar refractivity (Wildman–Crippen MR) is 87.7 cm³/mol. The van der Waals surface area contributed by atoms with Gasteiger partial charge in [0.05, 0.1) is 12.8 Å². The Kier molecular flexibility index (Phi) is 4.93. The largest absolute Gasteiger partial charge is 0.493 e. The maximum Gasteiger partial charge on any atom is 0.435 e. The summed E-state index contributed by atoms with van der Waals surface area (Å²) in [6, 6.07) is 5.65. The number of nitrogens with zero attached hydrogens (tertiary/aromatic N) is 2. The number of hydrogen-bond donors (Lipinski definition) is 0. The fourth-order valence-electron chi connectivity index (χ4n) is 2.78. The molecule has 1 aliphatic rings. The number of carbonyl (C=O) groups excluding carboxylic acids is 1. The van der Waals surface area contributed by atoms with Crippen LogP contribution in [-0.4, -0.2) is 29.3 Å². The SMILES string of the molecule is COc1cc(-n2nc(C(F)(F)F)cc2C)ccc1OCC(=O)C1CCC1. The molecule has 1 saturated carbocycles. The minimum absolute atomic E-state index is 0.0423. The quantitative estimate of drug-likeness (QED) is 0.775. The summed E-state index contributed by atoms with van der Waals surface area (Å²) in [6.45, 7) is 1.50. The minimum atomic E-state index is -4.51. The van der Waals surface area contributed by atoms with E-state index in [-0.39, 0.29) is 18.3 Å². The van der Waals surface area contributed by atoms with Crippen molar-refractivity contribution in [2.45, 2.75) is 32.4 Å².